The normalized spacial score (nSPS) is 25.1. The third kappa shape index (κ3) is 3.88. The number of sulfonamides is 1. The zero-order chi connectivity index (χ0) is 10.6. The Morgan fingerprint density at radius 2 is 1.79 bits per heavy atom. The molecule has 3 nitrogen and oxygen atoms in total. The van der Waals surface area contributed by atoms with Gasteiger partial charge in [-0.25, -0.2) is 8.42 Å². The van der Waals surface area contributed by atoms with Crippen LogP contribution < -0.4 is 0 Å². The fourth-order valence-corrected chi connectivity index (χ4v) is 3.25. The average Bonchev–Trinajstić information content (AvgIpc) is 2.31. The maximum absolute atomic E-state index is 11.4. The number of hydrogen-bond donors (Lipinski definition) is 0. The van der Waals surface area contributed by atoms with Crippen LogP contribution in [0, 0.1) is 13.0 Å². The SMILES string of the molecule is CC.[CH2-]N1CCC(C(C)C)S1(=O)=O.[Y]. The molecule has 1 saturated heterocycles. The maximum Gasteiger partial charge on any atom is 0.189 e. The monoisotopic (exact) mass is 295 g/mol. The van der Waals surface area contributed by atoms with Gasteiger partial charge in [-0.15, -0.1) is 0 Å². The van der Waals surface area contributed by atoms with Crippen molar-refractivity contribution in [1.29, 1.82) is 0 Å². The molecule has 0 aromatic rings. The molecule has 1 heterocycles. The van der Waals surface area contributed by atoms with Gasteiger partial charge >= 0.3 is 0 Å². The first-order chi connectivity index (χ1) is 5.96. The van der Waals surface area contributed by atoms with Gasteiger partial charge in [0.25, 0.3) is 0 Å². The van der Waals surface area contributed by atoms with Crippen molar-refractivity contribution >= 4 is 10.0 Å². The van der Waals surface area contributed by atoms with Gasteiger partial charge in [0, 0.05) is 32.7 Å². The van der Waals surface area contributed by atoms with E-state index >= 15 is 0 Å². The van der Waals surface area contributed by atoms with Crippen LogP contribution in [0.25, 0.3) is 0 Å². The van der Waals surface area contributed by atoms with Crippen molar-refractivity contribution in [3.8, 4) is 0 Å². The molecule has 0 aromatic heterocycles. The fourth-order valence-electron chi connectivity index (χ4n) is 1.42. The van der Waals surface area contributed by atoms with Crippen LogP contribution >= 0.6 is 0 Å². The molecular formula is C9H20NO2SY-. The third-order valence-electron chi connectivity index (χ3n) is 2.15. The molecule has 1 rings (SSSR count). The van der Waals surface area contributed by atoms with Crippen molar-refractivity contribution < 1.29 is 41.1 Å². The molecule has 5 heteroatoms. The van der Waals surface area contributed by atoms with Crippen molar-refractivity contribution in [2.75, 3.05) is 6.54 Å². The summed E-state index contributed by atoms with van der Waals surface area (Å²) in [7, 11) is 0.425. The van der Waals surface area contributed by atoms with E-state index in [1.807, 2.05) is 27.7 Å². The number of nitrogens with zero attached hydrogens (tertiary/aromatic N) is 1. The van der Waals surface area contributed by atoms with Gasteiger partial charge in [-0.3, -0.25) is 7.05 Å². The van der Waals surface area contributed by atoms with Gasteiger partial charge < -0.3 is 4.31 Å². The summed E-state index contributed by atoms with van der Waals surface area (Å²) in [6.07, 6.45) is 0.726. The van der Waals surface area contributed by atoms with E-state index in [2.05, 4.69) is 7.05 Å². The largest absolute Gasteiger partial charge is 0.354 e. The van der Waals surface area contributed by atoms with Crippen molar-refractivity contribution in [2.24, 2.45) is 5.92 Å². The number of rotatable bonds is 1. The first-order valence-corrected chi connectivity index (χ1v) is 6.28. The van der Waals surface area contributed by atoms with Crippen LogP contribution in [0.3, 0.4) is 0 Å². The van der Waals surface area contributed by atoms with Gasteiger partial charge in [-0.2, -0.15) is 0 Å². The Bertz CT molecular complexity index is 239. The summed E-state index contributed by atoms with van der Waals surface area (Å²) in [4.78, 5) is 0. The van der Waals surface area contributed by atoms with Gasteiger partial charge in [0.05, 0.1) is 5.25 Å². The smallest absolute Gasteiger partial charge is 0.189 e. The van der Waals surface area contributed by atoms with Gasteiger partial charge in [-0.1, -0.05) is 27.7 Å². The molecule has 1 unspecified atom stereocenters. The minimum atomic E-state index is -3.04. The van der Waals surface area contributed by atoms with E-state index in [9.17, 15) is 8.42 Å². The van der Waals surface area contributed by atoms with Crippen LogP contribution in [0.4, 0.5) is 0 Å². The van der Waals surface area contributed by atoms with Crippen LogP contribution in [0.1, 0.15) is 34.1 Å². The summed E-state index contributed by atoms with van der Waals surface area (Å²) < 4.78 is 24.0. The second-order valence-corrected chi connectivity index (χ2v) is 5.44. The Morgan fingerprint density at radius 3 is 1.93 bits per heavy atom. The van der Waals surface area contributed by atoms with E-state index in [4.69, 9.17) is 0 Å². The molecule has 0 saturated carbocycles. The van der Waals surface area contributed by atoms with E-state index in [-0.39, 0.29) is 43.9 Å². The Hall–Kier alpha value is 1.01. The molecular weight excluding hydrogens is 275 g/mol. The van der Waals surface area contributed by atoms with E-state index < -0.39 is 10.0 Å². The first-order valence-electron chi connectivity index (χ1n) is 4.78. The Kier molecular flexibility index (Phi) is 9.10. The van der Waals surface area contributed by atoms with Crippen molar-refractivity contribution in [3.05, 3.63) is 7.05 Å². The van der Waals surface area contributed by atoms with Gasteiger partial charge in [0.1, 0.15) is 0 Å². The first kappa shape index (κ1) is 17.4. The zero-order valence-corrected chi connectivity index (χ0v) is 13.2. The molecule has 1 aliphatic heterocycles. The summed E-state index contributed by atoms with van der Waals surface area (Å²) in [6, 6.07) is 0. The number of hydrogen-bond acceptors (Lipinski definition) is 2. The Morgan fingerprint density at radius 1 is 1.36 bits per heavy atom. The quantitative estimate of drug-likeness (QED) is 0.693. The fraction of sp³-hybridized carbons (Fsp3) is 0.889. The van der Waals surface area contributed by atoms with Gasteiger partial charge in [0.2, 0.25) is 0 Å². The zero-order valence-electron chi connectivity index (χ0n) is 9.53. The van der Waals surface area contributed by atoms with E-state index in [0.29, 0.717) is 6.54 Å². The van der Waals surface area contributed by atoms with Crippen LogP contribution in [-0.2, 0) is 42.7 Å². The second-order valence-electron chi connectivity index (χ2n) is 3.29. The topological polar surface area (TPSA) is 37.4 Å². The Labute approximate surface area is 114 Å². The van der Waals surface area contributed by atoms with Gasteiger partial charge in [-0.05, 0) is 18.9 Å². The van der Waals surface area contributed by atoms with Crippen molar-refractivity contribution in [3.63, 3.8) is 0 Å². The molecule has 0 N–H and O–H groups in total. The minimum Gasteiger partial charge on any atom is -0.354 e. The molecule has 1 aliphatic rings. The predicted molar refractivity (Wildman–Crippen MR) is 55.6 cm³/mol. The standard InChI is InChI=1S/C7H14NO2S.C2H6.Y/c1-6(2)7-4-5-8(3)11(7,9)10;1-2;/h6-7H,3-5H2,1-2H3;1-2H3;/q-1;;. The average molecular weight is 295 g/mol. The van der Waals surface area contributed by atoms with E-state index in [1.165, 1.54) is 4.31 Å². The summed E-state index contributed by atoms with van der Waals surface area (Å²) in [6.45, 7) is 8.44. The molecule has 1 atom stereocenters. The molecule has 14 heavy (non-hydrogen) atoms. The third-order valence-corrected chi connectivity index (χ3v) is 4.60. The summed E-state index contributed by atoms with van der Waals surface area (Å²) in [5.74, 6) is 0.201. The van der Waals surface area contributed by atoms with Crippen LogP contribution in [0.15, 0.2) is 0 Å². The molecule has 1 radical (unpaired) electrons. The second kappa shape index (κ2) is 7.31. The van der Waals surface area contributed by atoms with E-state index in [1.54, 1.807) is 0 Å². The van der Waals surface area contributed by atoms with E-state index in [0.717, 1.165) is 6.42 Å². The van der Waals surface area contributed by atoms with Crippen LogP contribution in [0.2, 0.25) is 0 Å². The summed E-state index contributed by atoms with van der Waals surface area (Å²) >= 11 is 0. The van der Waals surface area contributed by atoms with Crippen LogP contribution in [-0.4, -0.2) is 24.5 Å². The maximum atomic E-state index is 11.4. The molecule has 0 amide bonds. The van der Waals surface area contributed by atoms with Crippen LogP contribution in [0.5, 0.6) is 0 Å². The molecule has 1 fully saturated rings. The molecule has 0 aliphatic carbocycles. The summed E-state index contributed by atoms with van der Waals surface area (Å²) in [5.41, 5.74) is 0. The Balaban J connectivity index is 0. The van der Waals surface area contributed by atoms with Crippen molar-refractivity contribution in [2.45, 2.75) is 39.4 Å². The molecule has 0 aromatic carbocycles. The van der Waals surface area contributed by atoms with Crippen molar-refractivity contribution in [1.82, 2.24) is 4.31 Å². The molecule has 0 spiro atoms. The molecule has 83 valence electrons. The minimum absolute atomic E-state index is 0. The summed E-state index contributed by atoms with van der Waals surface area (Å²) in [5, 5.41) is -0.208. The predicted octanol–water partition coefficient (Wildman–Crippen LogP) is 1.86. The van der Waals surface area contributed by atoms with Gasteiger partial charge in [0.15, 0.2) is 10.0 Å². The molecule has 0 bridgehead atoms.